The molecule has 3 rings (SSSR count). The molecule has 4 nitrogen and oxygen atoms in total. The van der Waals surface area contributed by atoms with Crippen LogP contribution in [0, 0.1) is 11.8 Å². The Labute approximate surface area is 131 Å². The van der Waals surface area contributed by atoms with Crippen LogP contribution in [0.5, 0.6) is 11.5 Å². The molecule has 0 unspecified atom stereocenters. The van der Waals surface area contributed by atoms with E-state index < -0.39 is 0 Å². The van der Waals surface area contributed by atoms with Crippen LogP contribution in [0.4, 0.5) is 5.69 Å². The van der Waals surface area contributed by atoms with E-state index in [2.05, 4.69) is 10.6 Å². The fourth-order valence-corrected chi connectivity index (χ4v) is 3.91. The van der Waals surface area contributed by atoms with Crippen molar-refractivity contribution in [1.29, 1.82) is 0 Å². The molecule has 2 aliphatic rings. The van der Waals surface area contributed by atoms with Gasteiger partial charge in [-0.3, -0.25) is 0 Å². The van der Waals surface area contributed by atoms with E-state index in [1.165, 1.54) is 25.7 Å². The largest absolute Gasteiger partial charge is 0.497 e. The predicted octanol–water partition coefficient (Wildman–Crippen LogP) is 3.18. The molecule has 0 spiro atoms. The maximum absolute atomic E-state index is 5.45. The number of fused-ring (bicyclic) bond motifs is 2. The zero-order valence-corrected chi connectivity index (χ0v) is 13.3. The normalized spacial score (nSPS) is 26.5. The maximum atomic E-state index is 5.45. The van der Waals surface area contributed by atoms with Crippen LogP contribution in [0.1, 0.15) is 25.7 Å². The van der Waals surface area contributed by atoms with Crippen molar-refractivity contribution >= 4 is 23.0 Å². The summed E-state index contributed by atoms with van der Waals surface area (Å²) in [5.74, 6) is 3.20. The molecule has 3 atom stereocenters. The summed E-state index contributed by atoms with van der Waals surface area (Å²) in [5.41, 5.74) is 0.860. The van der Waals surface area contributed by atoms with Gasteiger partial charge in [0.05, 0.1) is 19.9 Å². The Morgan fingerprint density at radius 3 is 2.67 bits per heavy atom. The quantitative estimate of drug-likeness (QED) is 0.836. The Balaban J connectivity index is 1.62. The molecule has 0 aliphatic heterocycles. The molecule has 2 fully saturated rings. The summed E-state index contributed by atoms with van der Waals surface area (Å²) in [6.07, 6.45) is 5.37. The van der Waals surface area contributed by atoms with Crippen molar-refractivity contribution in [3.8, 4) is 11.5 Å². The second-order valence-electron chi connectivity index (χ2n) is 5.95. The average molecular weight is 306 g/mol. The molecule has 0 heterocycles. The molecule has 2 aliphatic carbocycles. The second-order valence-corrected chi connectivity index (χ2v) is 6.35. The lowest BCUT2D eigenvalue weighted by molar-refractivity contribution is 0.391. The first-order chi connectivity index (χ1) is 10.2. The second kappa shape index (κ2) is 6.10. The van der Waals surface area contributed by atoms with E-state index in [4.69, 9.17) is 21.7 Å². The highest BCUT2D eigenvalue weighted by Gasteiger charge is 2.39. The zero-order chi connectivity index (χ0) is 14.8. The van der Waals surface area contributed by atoms with Gasteiger partial charge < -0.3 is 20.1 Å². The molecule has 2 N–H and O–H groups in total. The van der Waals surface area contributed by atoms with E-state index in [1.54, 1.807) is 14.2 Å². The van der Waals surface area contributed by atoms with E-state index in [0.29, 0.717) is 11.2 Å². The number of methoxy groups -OCH3 is 2. The van der Waals surface area contributed by atoms with Crippen molar-refractivity contribution in [3.05, 3.63) is 18.2 Å². The van der Waals surface area contributed by atoms with E-state index in [9.17, 15) is 0 Å². The van der Waals surface area contributed by atoms with Crippen LogP contribution in [0.3, 0.4) is 0 Å². The molecule has 5 heteroatoms. The molecule has 2 saturated carbocycles. The van der Waals surface area contributed by atoms with E-state index in [0.717, 1.165) is 29.0 Å². The van der Waals surface area contributed by atoms with Gasteiger partial charge in [0.1, 0.15) is 11.5 Å². The lowest BCUT2D eigenvalue weighted by Gasteiger charge is -2.25. The van der Waals surface area contributed by atoms with Gasteiger partial charge in [-0.25, -0.2) is 0 Å². The van der Waals surface area contributed by atoms with Crippen molar-refractivity contribution in [2.24, 2.45) is 11.8 Å². The smallest absolute Gasteiger partial charge is 0.171 e. The summed E-state index contributed by atoms with van der Waals surface area (Å²) in [7, 11) is 3.29. The number of rotatable bonds is 4. The van der Waals surface area contributed by atoms with E-state index >= 15 is 0 Å². The van der Waals surface area contributed by atoms with Crippen molar-refractivity contribution in [3.63, 3.8) is 0 Å². The molecular weight excluding hydrogens is 284 g/mol. The standard InChI is InChI=1S/C16H22N2O2S/c1-19-12-5-6-13(15(9-12)20-2)17-16(21)18-14-8-10-3-4-11(14)7-10/h5-6,9-11,14H,3-4,7-8H2,1-2H3,(H2,17,18,21)/t10-,11+,14-/m1/s1. The van der Waals surface area contributed by atoms with Gasteiger partial charge in [0, 0.05) is 12.1 Å². The van der Waals surface area contributed by atoms with Gasteiger partial charge in [-0.1, -0.05) is 6.42 Å². The molecule has 1 aromatic carbocycles. The van der Waals surface area contributed by atoms with Crippen LogP contribution >= 0.6 is 12.2 Å². The van der Waals surface area contributed by atoms with Gasteiger partial charge in [-0.15, -0.1) is 0 Å². The van der Waals surface area contributed by atoms with E-state index in [-0.39, 0.29) is 0 Å². The summed E-state index contributed by atoms with van der Waals surface area (Å²) < 4.78 is 10.6. The summed E-state index contributed by atoms with van der Waals surface area (Å²) >= 11 is 5.45. The van der Waals surface area contributed by atoms with Crippen molar-refractivity contribution in [1.82, 2.24) is 5.32 Å². The van der Waals surface area contributed by atoms with Gasteiger partial charge in [0.15, 0.2) is 5.11 Å². The first kappa shape index (κ1) is 14.4. The highest BCUT2D eigenvalue weighted by Crippen LogP contribution is 2.44. The number of hydrogen-bond donors (Lipinski definition) is 2. The summed E-state index contributed by atoms with van der Waals surface area (Å²) in [4.78, 5) is 0. The Bertz CT molecular complexity index is 535. The average Bonchev–Trinajstić information content (AvgIpc) is 3.10. The third kappa shape index (κ3) is 3.07. The first-order valence-corrected chi connectivity index (χ1v) is 7.90. The van der Waals surface area contributed by atoms with Crippen LogP contribution in [-0.4, -0.2) is 25.4 Å². The summed E-state index contributed by atoms with van der Waals surface area (Å²) in [6, 6.07) is 6.20. The molecule has 114 valence electrons. The van der Waals surface area contributed by atoms with Gasteiger partial charge in [-0.05, 0) is 55.4 Å². The SMILES string of the molecule is COc1ccc(NC(=S)N[C@@H]2C[C@@H]3CC[C@H]2C3)c(OC)c1. The highest BCUT2D eigenvalue weighted by atomic mass is 32.1. The van der Waals surface area contributed by atoms with Gasteiger partial charge in [0.25, 0.3) is 0 Å². The Morgan fingerprint density at radius 1 is 1.19 bits per heavy atom. The number of ether oxygens (including phenoxy) is 2. The van der Waals surface area contributed by atoms with Gasteiger partial charge >= 0.3 is 0 Å². The minimum absolute atomic E-state index is 0.535. The lowest BCUT2D eigenvalue weighted by Crippen LogP contribution is -2.40. The Kier molecular flexibility index (Phi) is 4.19. The van der Waals surface area contributed by atoms with Crippen LogP contribution in [0.15, 0.2) is 18.2 Å². The van der Waals surface area contributed by atoms with Crippen LogP contribution in [-0.2, 0) is 0 Å². The molecular formula is C16H22N2O2S. The van der Waals surface area contributed by atoms with Gasteiger partial charge in [0.2, 0.25) is 0 Å². The summed E-state index contributed by atoms with van der Waals surface area (Å²) in [5, 5.41) is 7.39. The maximum Gasteiger partial charge on any atom is 0.171 e. The fourth-order valence-electron chi connectivity index (χ4n) is 3.65. The number of hydrogen-bond acceptors (Lipinski definition) is 3. The molecule has 0 amide bonds. The predicted molar refractivity (Wildman–Crippen MR) is 88.1 cm³/mol. The fraction of sp³-hybridized carbons (Fsp3) is 0.562. The minimum Gasteiger partial charge on any atom is -0.497 e. The molecule has 0 radical (unpaired) electrons. The van der Waals surface area contributed by atoms with Crippen LogP contribution in [0.25, 0.3) is 0 Å². The monoisotopic (exact) mass is 306 g/mol. The number of anilines is 1. The molecule has 21 heavy (non-hydrogen) atoms. The molecule has 1 aromatic rings. The van der Waals surface area contributed by atoms with Crippen molar-refractivity contribution in [2.45, 2.75) is 31.7 Å². The topological polar surface area (TPSA) is 42.5 Å². The van der Waals surface area contributed by atoms with Crippen molar-refractivity contribution in [2.75, 3.05) is 19.5 Å². The number of benzene rings is 1. The molecule has 0 saturated heterocycles. The van der Waals surface area contributed by atoms with Crippen LogP contribution < -0.4 is 20.1 Å². The number of thiocarbonyl (C=S) groups is 1. The third-order valence-corrected chi connectivity index (χ3v) is 4.93. The molecule has 2 bridgehead atoms. The third-order valence-electron chi connectivity index (χ3n) is 4.71. The molecule has 0 aromatic heterocycles. The van der Waals surface area contributed by atoms with Crippen LogP contribution in [0.2, 0.25) is 0 Å². The Morgan fingerprint density at radius 2 is 2.05 bits per heavy atom. The minimum atomic E-state index is 0.535. The lowest BCUT2D eigenvalue weighted by atomic mass is 9.96. The highest BCUT2D eigenvalue weighted by molar-refractivity contribution is 7.80. The number of nitrogens with one attached hydrogen (secondary N) is 2. The van der Waals surface area contributed by atoms with Gasteiger partial charge in [-0.2, -0.15) is 0 Å². The zero-order valence-electron chi connectivity index (χ0n) is 12.5. The van der Waals surface area contributed by atoms with Crippen molar-refractivity contribution < 1.29 is 9.47 Å². The Hall–Kier alpha value is -1.49. The van der Waals surface area contributed by atoms with E-state index in [1.807, 2.05) is 18.2 Å². The first-order valence-electron chi connectivity index (χ1n) is 7.49. The summed E-state index contributed by atoms with van der Waals surface area (Å²) in [6.45, 7) is 0.